The van der Waals surface area contributed by atoms with Gasteiger partial charge in [-0.25, -0.2) is 14.3 Å². The Kier molecular flexibility index (Phi) is 8.61. The summed E-state index contributed by atoms with van der Waals surface area (Å²) in [6.45, 7) is 5.37. The third-order valence-electron chi connectivity index (χ3n) is 6.44. The van der Waals surface area contributed by atoms with Crippen molar-refractivity contribution in [2.75, 3.05) is 16.0 Å². The van der Waals surface area contributed by atoms with Gasteiger partial charge in [0.15, 0.2) is 0 Å². The lowest BCUT2D eigenvalue weighted by Crippen LogP contribution is -2.42. The number of aromatic nitrogens is 4. The van der Waals surface area contributed by atoms with Crippen LogP contribution in [0.1, 0.15) is 29.8 Å². The van der Waals surface area contributed by atoms with Gasteiger partial charge in [-0.3, -0.25) is 19.0 Å². The van der Waals surface area contributed by atoms with E-state index in [4.69, 9.17) is 4.74 Å². The molecule has 3 N–H and O–H groups in total. The van der Waals surface area contributed by atoms with E-state index in [9.17, 15) is 19.2 Å². The van der Waals surface area contributed by atoms with Gasteiger partial charge in [0, 0.05) is 49.0 Å². The second kappa shape index (κ2) is 12.9. The molecule has 222 valence electrons. The third kappa shape index (κ3) is 6.87. The van der Waals surface area contributed by atoms with E-state index in [1.807, 2.05) is 13.0 Å². The normalized spacial score (nSPS) is 10.6. The molecule has 0 saturated carbocycles. The van der Waals surface area contributed by atoms with Crippen molar-refractivity contribution in [2.45, 2.75) is 27.3 Å². The second-order valence-corrected chi connectivity index (χ2v) is 9.77. The first-order valence-corrected chi connectivity index (χ1v) is 13.7. The molecule has 2 heterocycles. The molecule has 12 heteroatoms. The molecule has 0 fully saturated rings. The minimum atomic E-state index is -0.712. The summed E-state index contributed by atoms with van der Waals surface area (Å²) in [5.41, 5.74) is 1.67. The summed E-state index contributed by atoms with van der Waals surface area (Å²) in [4.78, 5) is 59.3. The van der Waals surface area contributed by atoms with Crippen LogP contribution in [0.25, 0.3) is 5.69 Å². The number of amides is 2. The number of nitrogens with one attached hydrogen (secondary N) is 3. The standard InChI is InChI=1S/C32H29N7O5/c1-4-38-19-27(30(42)39(32(38)43)25-12-8-20(2)9-13-25)29(41)35-22-10-14-26(15-11-22)44-28-16-17-33-31(37-28)36-24-7-5-6-23(18-24)34-21(3)40/h5-19H,4H2,1-3H3,(H,34,40)(H,35,41)(H,33,36,37). The van der Waals surface area contributed by atoms with Gasteiger partial charge in [0.2, 0.25) is 17.7 Å². The summed E-state index contributed by atoms with van der Waals surface area (Å²) in [6.07, 6.45) is 2.81. The molecule has 0 saturated heterocycles. The van der Waals surface area contributed by atoms with Gasteiger partial charge in [-0.05, 0) is 68.4 Å². The van der Waals surface area contributed by atoms with Crippen molar-refractivity contribution in [1.82, 2.24) is 19.1 Å². The van der Waals surface area contributed by atoms with Gasteiger partial charge in [-0.1, -0.05) is 23.8 Å². The number of nitrogens with zero attached hydrogens (tertiary/aromatic N) is 4. The zero-order chi connectivity index (χ0) is 31.2. The first-order valence-electron chi connectivity index (χ1n) is 13.7. The number of hydrogen-bond donors (Lipinski definition) is 3. The van der Waals surface area contributed by atoms with E-state index in [1.165, 1.54) is 23.9 Å². The van der Waals surface area contributed by atoms with Crippen LogP contribution in [0, 0.1) is 6.92 Å². The van der Waals surface area contributed by atoms with Crippen molar-refractivity contribution in [3.63, 3.8) is 0 Å². The molecule has 44 heavy (non-hydrogen) atoms. The molecule has 0 aliphatic heterocycles. The van der Waals surface area contributed by atoms with Gasteiger partial charge in [0.05, 0.1) is 5.69 Å². The highest BCUT2D eigenvalue weighted by Crippen LogP contribution is 2.24. The maximum atomic E-state index is 13.3. The van der Waals surface area contributed by atoms with Crippen molar-refractivity contribution in [3.8, 4) is 17.3 Å². The van der Waals surface area contributed by atoms with Gasteiger partial charge >= 0.3 is 5.69 Å². The van der Waals surface area contributed by atoms with Crippen molar-refractivity contribution in [2.24, 2.45) is 0 Å². The van der Waals surface area contributed by atoms with Crippen LogP contribution in [0.15, 0.2) is 101 Å². The van der Waals surface area contributed by atoms with Crippen LogP contribution in [0.5, 0.6) is 11.6 Å². The Morgan fingerprint density at radius 1 is 0.886 bits per heavy atom. The Morgan fingerprint density at radius 3 is 2.32 bits per heavy atom. The minimum Gasteiger partial charge on any atom is -0.439 e. The van der Waals surface area contributed by atoms with E-state index in [-0.39, 0.29) is 29.8 Å². The summed E-state index contributed by atoms with van der Waals surface area (Å²) in [5, 5.41) is 8.51. The fourth-order valence-corrected chi connectivity index (χ4v) is 4.30. The fraction of sp³-hybridized carbons (Fsp3) is 0.125. The number of aryl methyl sites for hydroxylation is 2. The molecule has 5 aromatic rings. The van der Waals surface area contributed by atoms with E-state index in [2.05, 4.69) is 25.9 Å². The smallest absolute Gasteiger partial charge is 0.335 e. The van der Waals surface area contributed by atoms with Crippen molar-refractivity contribution in [3.05, 3.63) is 123 Å². The minimum absolute atomic E-state index is 0.170. The lowest BCUT2D eigenvalue weighted by Gasteiger charge is -2.13. The Morgan fingerprint density at radius 2 is 1.61 bits per heavy atom. The lowest BCUT2D eigenvalue weighted by molar-refractivity contribution is -0.114. The molecule has 0 bridgehead atoms. The van der Waals surface area contributed by atoms with Crippen LogP contribution in [-0.4, -0.2) is 30.9 Å². The highest BCUT2D eigenvalue weighted by Gasteiger charge is 2.18. The first kappa shape index (κ1) is 29.5. The van der Waals surface area contributed by atoms with Crippen LogP contribution in [0.3, 0.4) is 0 Å². The number of rotatable bonds is 9. The quantitative estimate of drug-likeness (QED) is 0.220. The van der Waals surface area contributed by atoms with Crippen molar-refractivity contribution >= 4 is 34.8 Å². The molecule has 2 aromatic heterocycles. The molecule has 0 aliphatic rings. The number of benzene rings is 3. The summed E-state index contributed by atoms with van der Waals surface area (Å²) in [5.74, 6) is 0.178. The molecular formula is C32H29N7O5. The van der Waals surface area contributed by atoms with Gasteiger partial charge in [-0.2, -0.15) is 4.98 Å². The van der Waals surface area contributed by atoms with Gasteiger partial charge < -0.3 is 20.7 Å². The molecule has 2 amide bonds. The van der Waals surface area contributed by atoms with E-state index in [1.54, 1.807) is 79.7 Å². The number of carbonyl (C=O) groups excluding carboxylic acids is 2. The zero-order valence-electron chi connectivity index (χ0n) is 24.2. The Hall–Kier alpha value is -6.04. The van der Waals surface area contributed by atoms with E-state index >= 15 is 0 Å². The average molecular weight is 592 g/mol. The second-order valence-electron chi connectivity index (χ2n) is 9.77. The number of ether oxygens (including phenoxy) is 1. The molecule has 0 spiro atoms. The predicted molar refractivity (Wildman–Crippen MR) is 167 cm³/mol. The fourth-order valence-electron chi connectivity index (χ4n) is 4.30. The van der Waals surface area contributed by atoms with Crippen LogP contribution in [-0.2, 0) is 11.3 Å². The first-order chi connectivity index (χ1) is 21.2. The molecule has 0 aliphatic carbocycles. The van der Waals surface area contributed by atoms with E-state index in [0.717, 1.165) is 10.1 Å². The molecule has 0 unspecified atom stereocenters. The summed E-state index contributed by atoms with van der Waals surface area (Å²) in [7, 11) is 0. The highest BCUT2D eigenvalue weighted by molar-refractivity contribution is 6.03. The molecule has 12 nitrogen and oxygen atoms in total. The van der Waals surface area contributed by atoms with Crippen molar-refractivity contribution in [1.29, 1.82) is 0 Å². The van der Waals surface area contributed by atoms with Crippen LogP contribution < -0.4 is 31.9 Å². The molecular weight excluding hydrogens is 562 g/mol. The number of anilines is 4. The summed E-state index contributed by atoms with van der Waals surface area (Å²) in [6, 6.07) is 22.1. The Labute approximate surface area is 252 Å². The lowest BCUT2D eigenvalue weighted by atomic mass is 10.2. The Balaban J connectivity index is 1.29. The molecule has 3 aromatic carbocycles. The maximum absolute atomic E-state index is 13.3. The summed E-state index contributed by atoms with van der Waals surface area (Å²) >= 11 is 0. The third-order valence-corrected chi connectivity index (χ3v) is 6.44. The molecule has 0 radical (unpaired) electrons. The highest BCUT2D eigenvalue weighted by atomic mass is 16.5. The predicted octanol–water partition coefficient (Wildman–Crippen LogP) is 4.86. The average Bonchev–Trinajstić information content (AvgIpc) is 2.99. The number of carbonyl (C=O) groups is 2. The SMILES string of the molecule is CCn1cc(C(=O)Nc2ccc(Oc3ccnc(Nc4cccc(NC(C)=O)c4)n3)cc2)c(=O)n(-c2ccc(C)cc2)c1=O. The van der Waals surface area contributed by atoms with Gasteiger partial charge in [0.25, 0.3) is 11.5 Å². The zero-order valence-corrected chi connectivity index (χ0v) is 24.2. The monoisotopic (exact) mass is 591 g/mol. The molecule has 5 rings (SSSR count). The molecule has 0 atom stereocenters. The van der Waals surface area contributed by atoms with Crippen LogP contribution in [0.2, 0.25) is 0 Å². The summed E-state index contributed by atoms with van der Waals surface area (Å²) < 4.78 is 8.18. The Bertz CT molecular complexity index is 1950. The van der Waals surface area contributed by atoms with Gasteiger partial charge in [0.1, 0.15) is 11.3 Å². The van der Waals surface area contributed by atoms with E-state index in [0.29, 0.717) is 28.5 Å². The van der Waals surface area contributed by atoms with E-state index < -0.39 is 17.2 Å². The van der Waals surface area contributed by atoms with Crippen LogP contribution in [0.4, 0.5) is 23.0 Å². The van der Waals surface area contributed by atoms with Gasteiger partial charge in [-0.15, -0.1) is 0 Å². The largest absolute Gasteiger partial charge is 0.439 e. The number of hydrogen-bond acceptors (Lipinski definition) is 8. The topological polar surface area (TPSA) is 149 Å². The van der Waals surface area contributed by atoms with Crippen molar-refractivity contribution < 1.29 is 14.3 Å². The maximum Gasteiger partial charge on any atom is 0.335 e. The van der Waals surface area contributed by atoms with Crippen LogP contribution >= 0.6 is 0 Å².